The van der Waals surface area contributed by atoms with E-state index >= 15 is 0 Å². The summed E-state index contributed by atoms with van der Waals surface area (Å²) in [7, 11) is 0. The van der Waals surface area contributed by atoms with E-state index in [-0.39, 0.29) is 17.5 Å². The summed E-state index contributed by atoms with van der Waals surface area (Å²) in [5.41, 5.74) is 3.47. The molecule has 0 radical (unpaired) electrons. The summed E-state index contributed by atoms with van der Waals surface area (Å²) in [6.07, 6.45) is 0. The SMILES string of the molecule is [C-]#[N+]c1ccc2c(c1)c1cc(C)ccc1n2-c1nc(C#N)cc([N+]#[C-])n1. The van der Waals surface area contributed by atoms with Gasteiger partial charge in [0.25, 0.3) is 5.82 Å². The third-order valence-electron chi connectivity index (χ3n) is 4.16. The predicted molar refractivity (Wildman–Crippen MR) is 98.3 cm³/mol. The van der Waals surface area contributed by atoms with Gasteiger partial charge in [0, 0.05) is 11.5 Å². The van der Waals surface area contributed by atoms with Crippen LogP contribution in [0.15, 0.2) is 42.5 Å². The van der Waals surface area contributed by atoms with E-state index in [0.29, 0.717) is 5.69 Å². The maximum absolute atomic E-state index is 9.23. The molecule has 0 saturated heterocycles. The van der Waals surface area contributed by atoms with Crippen LogP contribution < -0.4 is 0 Å². The van der Waals surface area contributed by atoms with Crippen LogP contribution in [0, 0.1) is 31.4 Å². The van der Waals surface area contributed by atoms with E-state index in [1.807, 2.05) is 47.9 Å². The van der Waals surface area contributed by atoms with Gasteiger partial charge in [-0.25, -0.2) is 4.85 Å². The average Bonchev–Trinajstić information content (AvgIpc) is 3.00. The van der Waals surface area contributed by atoms with E-state index in [9.17, 15) is 5.26 Å². The lowest BCUT2D eigenvalue weighted by atomic mass is 10.1. The van der Waals surface area contributed by atoms with Gasteiger partial charge in [0.2, 0.25) is 0 Å². The monoisotopic (exact) mass is 334 g/mol. The Hall–Kier alpha value is -4.21. The Kier molecular flexibility index (Phi) is 3.36. The number of nitriles is 1. The van der Waals surface area contributed by atoms with E-state index in [1.165, 1.54) is 6.07 Å². The molecule has 2 aromatic carbocycles. The molecule has 0 aliphatic heterocycles. The Balaban J connectivity index is 2.18. The highest BCUT2D eigenvalue weighted by atomic mass is 15.2. The lowest BCUT2D eigenvalue weighted by Crippen LogP contribution is -2.02. The number of aromatic nitrogens is 3. The summed E-state index contributed by atoms with van der Waals surface area (Å²) < 4.78 is 1.83. The largest absolute Gasteiger partial charge is 0.360 e. The van der Waals surface area contributed by atoms with E-state index < -0.39 is 0 Å². The van der Waals surface area contributed by atoms with Crippen LogP contribution in [0.2, 0.25) is 0 Å². The number of benzene rings is 2. The second kappa shape index (κ2) is 5.70. The van der Waals surface area contributed by atoms with Gasteiger partial charge in [0.1, 0.15) is 11.8 Å². The zero-order valence-corrected chi connectivity index (χ0v) is 13.7. The molecule has 6 nitrogen and oxygen atoms in total. The summed E-state index contributed by atoms with van der Waals surface area (Å²) in [6.45, 7) is 16.5. The smallest absolute Gasteiger partial charge is 0.332 e. The number of hydrogen-bond acceptors (Lipinski definition) is 3. The molecule has 0 N–H and O–H groups in total. The number of aryl methyl sites for hydroxylation is 1. The summed E-state index contributed by atoms with van der Waals surface area (Å²) in [5, 5.41) is 11.1. The van der Waals surface area contributed by atoms with Crippen molar-refractivity contribution >= 4 is 33.3 Å². The second-order valence-corrected chi connectivity index (χ2v) is 5.80. The quantitative estimate of drug-likeness (QED) is 0.467. The van der Waals surface area contributed by atoms with Crippen molar-refractivity contribution in [2.75, 3.05) is 0 Å². The maximum atomic E-state index is 9.23. The molecular weight excluding hydrogens is 324 g/mol. The van der Waals surface area contributed by atoms with Crippen molar-refractivity contribution in [2.45, 2.75) is 6.92 Å². The molecule has 0 aliphatic rings. The Morgan fingerprint density at radius 2 is 1.69 bits per heavy atom. The van der Waals surface area contributed by atoms with Crippen LogP contribution in [0.25, 0.3) is 37.4 Å². The lowest BCUT2D eigenvalue weighted by Gasteiger charge is -2.03. The van der Waals surface area contributed by atoms with Crippen molar-refractivity contribution in [3.8, 4) is 12.0 Å². The molecule has 2 heterocycles. The number of nitrogens with zero attached hydrogens (tertiary/aromatic N) is 6. The molecule has 0 aliphatic carbocycles. The van der Waals surface area contributed by atoms with E-state index in [1.54, 1.807) is 6.07 Å². The van der Waals surface area contributed by atoms with Gasteiger partial charge in [-0.1, -0.05) is 29.3 Å². The van der Waals surface area contributed by atoms with Crippen molar-refractivity contribution in [3.05, 3.63) is 76.6 Å². The van der Waals surface area contributed by atoms with Gasteiger partial charge < -0.3 is 4.85 Å². The Morgan fingerprint density at radius 1 is 0.962 bits per heavy atom. The van der Waals surface area contributed by atoms with Crippen LogP contribution in [-0.2, 0) is 0 Å². The van der Waals surface area contributed by atoms with Gasteiger partial charge in [0.15, 0.2) is 5.69 Å². The Labute approximate surface area is 149 Å². The van der Waals surface area contributed by atoms with Crippen molar-refractivity contribution in [2.24, 2.45) is 0 Å². The van der Waals surface area contributed by atoms with Crippen LogP contribution in [0.4, 0.5) is 11.5 Å². The Bertz CT molecular complexity index is 1290. The predicted octanol–water partition coefficient (Wildman–Crippen LogP) is 4.86. The first-order chi connectivity index (χ1) is 12.6. The summed E-state index contributed by atoms with van der Waals surface area (Å²) in [4.78, 5) is 15.4. The molecule has 4 aromatic rings. The van der Waals surface area contributed by atoms with Crippen LogP contribution >= 0.6 is 0 Å². The van der Waals surface area contributed by atoms with Crippen molar-refractivity contribution in [3.63, 3.8) is 0 Å². The topological polar surface area (TPSA) is 63.2 Å². The number of fused-ring (bicyclic) bond motifs is 3. The molecule has 0 fully saturated rings. The molecule has 2 aromatic heterocycles. The molecule has 0 unspecified atom stereocenters. The zero-order valence-electron chi connectivity index (χ0n) is 13.7. The first kappa shape index (κ1) is 15.3. The van der Waals surface area contributed by atoms with Crippen LogP contribution in [-0.4, -0.2) is 14.5 Å². The van der Waals surface area contributed by atoms with E-state index in [4.69, 9.17) is 13.1 Å². The molecule has 4 rings (SSSR count). The molecule has 6 heteroatoms. The van der Waals surface area contributed by atoms with Crippen LogP contribution in [0.1, 0.15) is 11.3 Å². The lowest BCUT2D eigenvalue weighted by molar-refractivity contribution is 0.986. The molecule has 0 spiro atoms. The van der Waals surface area contributed by atoms with Crippen LogP contribution in [0.3, 0.4) is 0 Å². The molecule has 0 atom stereocenters. The molecule has 0 saturated carbocycles. The molecule has 0 amide bonds. The van der Waals surface area contributed by atoms with Gasteiger partial charge in [-0.15, -0.1) is 0 Å². The standard InChI is InChI=1S/C20H10N6/c1-12-4-6-17-15(8-12)16-9-13(22-2)5-7-18(16)26(17)20-24-14(11-21)10-19(23-3)25-20/h4-10H,1H3. The second-order valence-electron chi connectivity index (χ2n) is 5.80. The molecule has 120 valence electrons. The fraction of sp³-hybridized carbons (Fsp3) is 0.0500. The third kappa shape index (κ3) is 2.24. The average molecular weight is 334 g/mol. The maximum Gasteiger partial charge on any atom is 0.332 e. The number of rotatable bonds is 1. The zero-order chi connectivity index (χ0) is 18.3. The fourth-order valence-corrected chi connectivity index (χ4v) is 3.05. The minimum Gasteiger partial charge on any atom is -0.360 e. The molecule has 0 bridgehead atoms. The first-order valence-electron chi connectivity index (χ1n) is 7.74. The first-order valence-corrected chi connectivity index (χ1v) is 7.74. The van der Waals surface area contributed by atoms with Gasteiger partial charge >= 0.3 is 5.95 Å². The normalized spacial score (nSPS) is 10.4. The molecular formula is C20H10N6. The van der Waals surface area contributed by atoms with Gasteiger partial charge in [-0.3, -0.25) is 4.57 Å². The van der Waals surface area contributed by atoms with Crippen molar-refractivity contribution in [1.29, 1.82) is 5.26 Å². The Morgan fingerprint density at radius 3 is 2.38 bits per heavy atom. The summed E-state index contributed by atoms with van der Waals surface area (Å²) in [5.74, 6) is 0.390. The molecule has 26 heavy (non-hydrogen) atoms. The highest BCUT2D eigenvalue weighted by Gasteiger charge is 2.18. The number of hydrogen-bond donors (Lipinski definition) is 0. The van der Waals surface area contributed by atoms with Gasteiger partial charge in [0.05, 0.1) is 17.6 Å². The summed E-state index contributed by atoms with van der Waals surface area (Å²) in [6, 6.07) is 14.8. The minimum atomic E-state index is 0.117. The van der Waals surface area contributed by atoms with Crippen molar-refractivity contribution in [1.82, 2.24) is 14.5 Å². The fourth-order valence-electron chi connectivity index (χ4n) is 3.05. The highest BCUT2D eigenvalue weighted by molar-refractivity contribution is 6.10. The van der Waals surface area contributed by atoms with Crippen LogP contribution in [0.5, 0.6) is 0 Å². The highest BCUT2D eigenvalue weighted by Crippen LogP contribution is 2.34. The van der Waals surface area contributed by atoms with Gasteiger partial charge in [-0.05, 0) is 36.6 Å². The van der Waals surface area contributed by atoms with Crippen molar-refractivity contribution < 1.29 is 0 Å². The van der Waals surface area contributed by atoms with E-state index in [0.717, 1.165) is 27.4 Å². The summed E-state index contributed by atoms with van der Waals surface area (Å²) >= 11 is 0. The van der Waals surface area contributed by atoms with Gasteiger partial charge in [-0.2, -0.15) is 10.2 Å². The van der Waals surface area contributed by atoms with E-state index in [2.05, 4.69) is 19.7 Å². The minimum absolute atomic E-state index is 0.117. The third-order valence-corrected chi connectivity index (χ3v) is 4.16.